The lowest BCUT2D eigenvalue weighted by atomic mass is 10.1. The molecule has 0 atom stereocenters. The summed E-state index contributed by atoms with van der Waals surface area (Å²) in [4.78, 5) is 19.2. The topological polar surface area (TPSA) is 54.4 Å². The average molecular weight is 369 g/mol. The second-order valence-electron chi connectivity index (χ2n) is 6.06. The van der Waals surface area contributed by atoms with Gasteiger partial charge >= 0.3 is 6.18 Å². The Morgan fingerprint density at radius 3 is 2.54 bits per heavy atom. The summed E-state index contributed by atoms with van der Waals surface area (Å²) in [5, 5.41) is 2.33. The lowest BCUT2D eigenvalue weighted by Crippen LogP contribution is -2.23. The molecular weight excluding hydrogens is 350 g/mol. The van der Waals surface area contributed by atoms with Crippen LogP contribution in [0.1, 0.15) is 44.0 Å². The second kappa shape index (κ2) is 8.25. The number of allylic oxidation sites excluding steroid dienone is 3. The summed E-state index contributed by atoms with van der Waals surface area (Å²) in [6, 6.07) is 2.40. The highest BCUT2D eigenvalue weighted by Crippen LogP contribution is 2.35. The van der Waals surface area contributed by atoms with Crippen molar-refractivity contribution in [3.05, 3.63) is 41.6 Å². The molecule has 1 saturated carbocycles. The van der Waals surface area contributed by atoms with Gasteiger partial charge in [-0.1, -0.05) is 12.8 Å². The van der Waals surface area contributed by atoms with E-state index in [0.717, 1.165) is 38.1 Å². The summed E-state index contributed by atoms with van der Waals surface area (Å²) < 4.78 is 53.4. The van der Waals surface area contributed by atoms with Gasteiger partial charge in [0, 0.05) is 17.7 Å². The number of aliphatic imine (C=N–C) groups is 1. The number of halogens is 4. The van der Waals surface area contributed by atoms with E-state index in [-0.39, 0.29) is 17.2 Å². The van der Waals surface area contributed by atoms with Crippen LogP contribution in [0.15, 0.2) is 35.2 Å². The highest BCUT2D eigenvalue weighted by Gasteiger charge is 2.37. The van der Waals surface area contributed by atoms with Crippen LogP contribution in [-0.4, -0.2) is 17.6 Å². The van der Waals surface area contributed by atoms with Crippen molar-refractivity contribution in [3.63, 3.8) is 0 Å². The van der Waals surface area contributed by atoms with Crippen LogP contribution >= 0.6 is 0 Å². The van der Waals surface area contributed by atoms with Gasteiger partial charge in [-0.25, -0.2) is 9.37 Å². The molecule has 1 aliphatic carbocycles. The molecule has 0 saturated heterocycles. The van der Waals surface area contributed by atoms with Crippen LogP contribution in [0, 0.1) is 5.92 Å². The molecule has 140 valence electrons. The first kappa shape index (κ1) is 19.8. The number of pyridine rings is 1. The van der Waals surface area contributed by atoms with E-state index in [9.17, 15) is 22.4 Å². The lowest BCUT2D eigenvalue weighted by Gasteiger charge is -2.16. The molecule has 1 fully saturated rings. The minimum Gasteiger partial charge on any atom is -0.324 e. The highest BCUT2D eigenvalue weighted by molar-refractivity contribution is 5.93. The predicted molar refractivity (Wildman–Crippen MR) is 92.2 cm³/mol. The van der Waals surface area contributed by atoms with Gasteiger partial charge in [0.1, 0.15) is 0 Å². The van der Waals surface area contributed by atoms with E-state index >= 15 is 0 Å². The normalized spacial score (nSPS) is 16.7. The van der Waals surface area contributed by atoms with Crippen molar-refractivity contribution < 1.29 is 22.4 Å². The quantitative estimate of drug-likeness (QED) is 0.444. The zero-order valence-corrected chi connectivity index (χ0v) is 14.2. The minimum absolute atomic E-state index is 0.0409. The largest absolute Gasteiger partial charge is 0.435 e. The fourth-order valence-corrected chi connectivity index (χ4v) is 2.85. The number of hydrogen-bond acceptors (Lipinski definition) is 3. The lowest BCUT2D eigenvalue weighted by molar-refractivity contribution is -0.140. The molecule has 0 aromatic carbocycles. The van der Waals surface area contributed by atoms with Crippen LogP contribution in [0.2, 0.25) is 0 Å². The molecule has 0 unspecified atom stereocenters. The van der Waals surface area contributed by atoms with Gasteiger partial charge in [0.25, 0.3) is 0 Å². The number of hydrogen-bond donors (Lipinski definition) is 1. The van der Waals surface area contributed by atoms with E-state index < -0.39 is 29.3 Å². The number of aromatic nitrogens is 1. The van der Waals surface area contributed by atoms with Gasteiger partial charge in [-0.05, 0) is 44.7 Å². The first-order valence-corrected chi connectivity index (χ1v) is 8.11. The maximum Gasteiger partial charge on any atom is 0.435 e. The zero-order chi connectivity index (χ0) is 19.3. The number of amides is 1. The Hall–Kier alpha value is -2.51. The van der Waals surface area contributed by atoms with Gasteiger partial charge in [0.05, 0.1) is 17.2 Å². The van der Waals surface area contributed by atoms with Crippen LogP contribution in [0.5, 0.6) is 0 Å². The fourth-order valence-electron chi connectivity index (χ4n) is 2.85. The minimum atomic E-state index is -4.78. The molecule has 1 amide bonds. The Balaban J connectivity index is 2.41. The molecule has 1 aliphatic rings. The third-order valence-corrected chi connectivity index (χ3v) is 4.03. The summed E-state index contributed by atoms with van der Waals surface area (Å²) in [6.07, 6.45) is 0.443. The van der Waals surface area contributed by atoms with Crippen molar-refractivity contribution in [2.75, 3.05) is 5.32 Å². The molecule has 0 radical (unpaired) electrons. The second-order valence-corrected chi connectivity index (χ2v) is 6.06. The number of carbonyl (C=O) groups is 1. The van der Waals surface area contributed by atoms with E-state index in [1.165, 1.54) is 6.07 Å². The summed E-state index contributed by atoms with van der Waals surface area (Å²) >= 11 is 0. The molecule has 0 bridgehead atoms. The van der Waals surface area contributed by atoms with Crippen molar-refractivity contribution in [2.24, 2.45) is 10.9 Å². The van der Waals surface area contributed by atoms with E-state index in [1.54, 1.807) is 0 Å². The maximum absolute atomic E-state index is 13.4. The summed E-state index contributed by atoms with van der Waals surface area (Å²) in [5.41, 5.74) is -1.73. The molecule has 4 nitrogen and oxygen atoms in total. The standard InChI is InChI=1S/C18H19F4N3O/c1-11(19)9-13(10-23-2)14-7-8-15(16(24-14)18(20,21)22)25-17(26)12-5-3-4-6-12/h7-10,12H,2-6H2,1H3,(H,25,26)/b11-9+,13-10+. The van der Waals surface area contributed by atoms with Gasteiger partial charge < -0.3 is 5.32 Å². The third kappa shape index (κ3) is 5.00. The Bertz CT molecular complexity index is 743. The molecule has 2 rings (SSSR count). The monoisotopic (exact) mass is 369 g/mol. The van der Waals surface area contributed by atoms with Gasteiger partial charge in [-0.3, -0.25) is 9.79 Å². The van der Waals surface area contributed by atoms with Crippen molar-refractivity contribution in [1.82, 2.24) is 4.98 Å². The SMILES string of the molecule is C=N/C=C(\C=C(/C)F)c1ccc(NC(=O)C2CCCC2)c(C(F)(F)F)n1. The van der Waals surface area contributed by atoms with Crippen molar-refractivity contribution in [3.8, 4) is 0 Å². The van der Waals surface area contributed by atoms with E-state index in [4.69, 9.17) is 0 Å². The van der Waals surface area contributed by atoms with E-state index in [2.05, 4.69) is 22.0 Å². The number of rotatable bonds is 5. The predicted octanol–water partition coefficient (Wildman–Crippen LogP) is 5.14. The molecule has 1 heterocycles. The first-order valence-electron chi connectivity index (χ1n) is 8.11. The van der Waals surface area contributed by atoms with Crippen molar-refractivity contribution in [1.29, 1.82) is 0 Å². The molecule has 1 aromatic rings. The summed E-state index contributed by atoms with van der Waals surface area (Å²) in [5.74, 6) is -1.34. The van der Waals surface area contributed by atoms with Crippen LogP contribution in [0.3, 0.4) is 0 Å². The molecule has 1 N–H and O–H groups in total. The molecule has 0 aliphatic heterocycles. The van der Waals surface area contributed by atoms with E-state index in [1.807, 2.05) is 0 Å². The van der Waals surface area contributed by atoms with Crippen LogP contribution in [0.4, 0.5) is 23.2 Å². The maximum atomic E-state index is 13.4. The van der Waals surface area contributed by atoms with Crippen molar-refractivity contribution in [2.45, 2.75) is 38.8 Å². The van der Waals surface area contributed by atoms with Gasteiger partial charge in [0.2, 0.25) is 5.91 Å². The Morgan fingerprint density at radius 1 is 1.35 bits per heavy atom. The average Bonchev–Trinajstić information content (AvgIpc) is 3.08. The van der Waals surface area contributed by atoms with Gasteiger partial charge in [-0.2, -0.15) is 13.2 Å². The number of alkyl halides is 3. The van der Waals surface area contributed by atoms with Crippen LogP contribution in [-0.2, 0) is 11.0 Å². The van der Waals surface area contributed by atoms with E-state index in [0.29, 0.717) is 12.8 Å². The van der Waals surface area contributed by atoms with Crippen molar-refractivity contribution >= 4 is 23.9 Å². The Labute approximate surface area is 148 Å². The highest BCUT2D eigenvalue weighted by atomic mass is 19.4. The third-order valence-electron chi connectivity index (χ3n) is 4.03. The van der Waals surface area contributed by atoms with Gasteiger partial charge in [-0.15, -0.1) is 0 Å². The number of carbonyl (C=O) groups excluding carboxylic acids is 1. The Kier molecular flexibility index (Phi) is 6.28. The summed E-state index contributed by atoms with van der Waals surface area (Å²) in [7, 11) is 0. The number of nitrogens with one attached hydrogen (secondary N) is 1. The number of nitrogens with zero attached hydrogens (tertiary/aromatic N) is 2. The fraction of sp³-hybridized carbons (Fsp3) is 0.389. The smallest absolute Gasteiger partial charge is 0.324 e. The van der Waals surface area contributed by atoms with Gasteiger partial charge in [0.15, 0.2) is 5.69 Å². The molecule has 0 spiro atoms. The molecular formula is C18H19F4N3O. The zero-order valence-electron chi connectivity index (χ0n) is 14.2. The summed E-state index contributed by atoms with van der Waals surface area (Å²) in [6.45, 7) is 4.37. The Morgan fingerprint density at radius 2 is 2.00 bits per heavy atom. The molecule has 1 aromatic heterocycles. The molecule has 8 heteroatoms. The first-order chi connectivity index (χ1) is 12.2. The molecule has 26 heavy (non-hydrogen) atoms. The van der Waals surface area contributed by atoms with Crippen LogP contribution < -0.4 is 5.32 Å². The number of anilines is 1. The van der Waals surface area contributed by atoms with Crippen LogP contribution in [0.25, 0.3) is 5.57 Å².